The Balaban J connectivity index is 1.92. The van der Waals surface area contributed by atoms with Crippen molar-refractivity contribution in [1.82, 2.24) is 24.9 Å². The van der Waals surface area contributed by atoms with Crippen LogP contribution in [0, 0.1) is 0 Å². The van der Waals surface area contributed by atoms with E-state index in [2.05, 4.69) is 24.9 Å². The topological polar surface area (TPSA) is 93.4 Å². The predicted molar refractivity (Wildman–Crippen MR) is 84.8 cm³/mol. The van der Waals surface area contributed by atoms with Crippen LogP contribution < -0.4 is 5.73 Å². The molecule has 0 aliphatic carbocycles. The molecule has 0 fully saturated rings. The molecule has 6 nitrogen and oxygen atoms in total. The molecule has 0 bridgehead atoms. The second-order valence-corrected chi connectivity index (χ2v) is 4.84. The number of hydrogen-bond donors (Lipinski definition) is 2. The molecular formula is C16H12N6. The first-order chi connectivity index (χ1) is 10.8. The van der Waals surface area contributed by atoms with Gasteiger partial charge in [-0.1, -0.05) is 0 Å². The van der Waals surface area contributed by atoms with Crippen LogP contribution in [0.1, 0.15) is 0 Å². The van der Waals surface area contributed by atoms with E-state index in [9.17, 15) is 0 Å². The van der Waals surface area contributed by atoms with E-state index in [1.165, 1.54) is 0 Å². The highest BCUT2D eigenvalue weighted by Gasteiger charge is 2.10. The first-order valence-electron chi connectivity index (χ1n) is 6.78. The molecule has 0 radical (unpaired) electrons. The van der Waals surface area contributed by atoms with Crippen LogP contribution in [0.15, 0.2) is 55.1 Å². The van der Waals surface area contributed by atoms with Gasteiger partial charge in [0.2, 0.25) is 5.95 Å². The van der Waals surface area contributed by atoms with Crippen LogP contribution in [-0.2, 0) is 0 Å². The van der Waals surface area contributed by atoms with Gasteiger partial charge in [0, 0.05) is 30.2 Å². The first kappa shape index (κ1) is 12.5. The molecule has 0 saturated heterocycles. The van der Waals surface area contributed by atoms with E-state index < -0.39 is 0 Å². The van der Waals surface area contributed by atoms with Crippen molar-refractivity contribution in [3.05, 3.63) is 55.1 Å². The van der Waals surface area contributed by atoms with Crippen LogP contribution in [0.3, 0.4) is 0 Å². The molecule has 4 rings (SSSR count). The van der Waals surface area contributed by atoms with Crippen LogP contribution in [-0.4, -0.2) is 24.9 Å². The van der Waals surface area contributed by atoms with Crippen molar-refractivity contribution < 1.29 is 0 Å². The van der Waals surface area contributed by atoms with Crippen molar-refractivity contribution in [2.45, 2.75) is 0 Å². The van der Waals surface area contributed by atoms with E-state index >= 15 is 0 Å². The molecule has 0 spiro atoms. The second-order valence-electron chi connectivity index (χ2n) is 4.84. The molecule has 0 saturated carbocycles. The third-order valence-electron chi connectivity index (χ3n) is 3.47. The summed E-state index contributed by atoms with van der Waals surface area (Å²) in [5, 5.41) is 1.03. The number of nitrogens with two attached hydrogens (primary N) is 1. The summed E-state index contributed by atoms with van der Waals surface area (Å²) in [7, 11) is 0. The van der Waals surface area contributed by atoms with Crippen molar-refractivity contribution in [2.75, 3.05) is 5.73 Å². The fourth-order valence-corrected chi connectivity index (χ4v) is 2.47. The van der Waals surface area contributed by atoms with Gasteiger partial charge in [0.1, 0.15) is 5.65 Å². The van der Waals surface area contributed by atoms with E-state index in [-0.39, 0.29) is 5.95 Å². The average molecular weight is 288 g/mol. The smallest absolute Gasteiger partial charge is 0.220 e. The molecule has 0 amide bonds. The minimum atomic E-state index is 0.249. The Labute approximate surface area is 126 Å². The van der Waals surface area contributed by atoms with Crippen LogP contribution in [0.2, 0.25) is 0 Å². The Morgan fingerprint density at radius 3 is 2.55 bits per heavy atom. The molecule has 4 heterocycles. The summed E-state index contributed by atoms with van der Waals surface area (Å²) in [6.07, 6.45) is 6.98. The van der Waals surface area contributed by atoms with Gasteiger partial charge in [-0.15, -0.1) is 0 Å². The fourth-order valence-electron chi connectivity index (χ4n) is 2.47. The number of rotatable bonds is 2. The van der Waals surface area contributed by atoms with E-state index in [0.29, 0.717) is 0 Å². The average Bonchev–Trinajstić information content (AvgIpc) is 3.00. The van der Waals surface area contributed by atoms with Gasteiger partial charge in [-0.3, -0.25) is 4.98 Å². The summed E-state index contributed by atoms with van der Waals surface area (Å²) in [5.41, 5.74) is 10.2. The monoisotopic (exact) mass is 288 g/mol. The van der Waals surface area contributed by atoms with Crippen LogP contribution >= 0.6 is 0 Å². The lowest BCUT2D eigenvalue weighted by atomic mass is 10.1. The highest BCUT2D eigenvalue weighted by atomic mass is 15.0. The summed E-state index contributed by atoms with van der Waals surface area (Å²) in [6.45, 7) is 0. The van der Waals surface area contributed by atoms with Gasteiger partial charge in [0.25, 0.3) is 0 Å². The number of aromatic nitrogens is 5. The first-order valence-corrected chi connectivity index (χ1v) is 6.78. The second kappa shape index (κ2) is 4.92. The maximum absolute atomic E-state index is 5.65. The lowest BCUT2D eigenvalue weighted by molar-refractivity contribution is 1.18. The van der Waals surface area contributed by atoms with Gasteiger partial charge in [-0.25, -0.2) is 15.0 Å². The van der Waals surface area contributed by atoms with Crippen LogP contribution in [0.5, 0.6) is 0 Å². The molecule has 0 atom stereocenters. The number of nitrogen functional groups attached to an aromatic ring is 1. The molecular weight excluding hydrogens is 276 g/mol. The Hall–Kier alpha value is -3.28. The van der Waals surface area contributed by atoms with Crippen LogP contribution in [0.25, 0.3) is 33.5 Å². The minimum absolute atomic E-state index is 0.249. The number of aromatic amines is 1. The predicted octanol–water partition coefficient (Wildman–Crippen LogP) is 2.66. The van der Waals surface area contributed by atoms with Gasteiger partial charge in [0.05, 0.1) is 11.4 Å². The number of nitrogens with one attached hydrogen (secondary N) is 1. The summed E-state index contributed by atoms with van der Waals surface area (Å²) in [5.74, 6) is 0.249. The number of anilines is 1. The largest absolute Gasteiger partial charge is 0.368 e. The standard InChI is InChI=1S/C16H12N6/c17-16-20-8-4-13(22-16)14-9-12-11(3-7-19-15(12)21-14)10-1-5-18-6-2-10/h1-9H,(H,19,21)(H2,17,20,22). The van der Waals surface area contributed by atoms with Gasteiger partial charge < -0.3 is 10.7 Å². The zero-order chi connectivity index (χ0) is 14.9. The van der Waals surface area contributed by atoms with Gasteiger partial charge >= 0.3 is 0 Å². The van der Waals surface area contributed by atoms with Crippen molar-refractivity contribution >= 4 is 17.0 Å². The van der Waals surface area contributed by atoms with Crippen molar-refractivity contribution in [1.29, 1.82) is 0 Å². The third-order valence-corrected chi connectivity index (χ3v) is 3.47. The minimum Gasteiger partial charge on any atom is -0.368 e. The third kappa shape index (κ3) is 2.07. The number of pyridine rings is 2. The molecule has 106 valence electrons. The zero-order valence-electron chi connectivity index (χ0n) is 11.6. The van der Waals surface area contributed by atoms with Crippen LogP contribution in [0.4, 0.5) is 5.95 Å². The lowest BCUT2D eigenvalue weighted by Crippen LogP contribution is -1.94. The highest BCUT2D eigenvalue weighted by molar-refractivity contribution is 5.95. The summed E-state index contributed by atoms with van der Waals surface area (Å²) < 4.78 is 0. The summed E-state index contributed by atoms with van der Waals surface area (Å²) in [4.78, 5) is 19.9. The maximum atomic E-state index is 5.65. The Morgan fingerprint density at radius 2 is 1.73 bits per heavy atom. The number of hydrogen-bond acceptors (Lipinski definition) is 5. The molecule has 3 N–H and O–H groups in total. The fraction of sp³-hybridized carbons (Fsp3) is 0. The molecule has 0 aromatic carbocycles. The van der Waals surface area contributed by atoms with Crippen molar-refractivity contribution in [2.24, 2.45) is 0 Å². The molecule has 0 unspecified atom stereocenters. The van der Waals surface area contributed by atoms with E-state index in [1.807, 2.05) is 30.3 Å². The Kier molecular flexibility index (Phi) is 2.79. The maximum Gasteiger partial charge on any atom is 0.220 e. The highest BCUT2D eigenvalue weighted by Crippen LogP contribution is 2.30. The van der Waals surface area contributed by atoms with Gasteiger partial charge in [0.15, 0.2) is 0 Å². The van der Waals surface area contributed by atoms with Crippen molar-refractivity contribution in [3.63, 3.8) is 0 Å². The number of H-pyrrole nitrogens is 1. The molecule has 0 aliphatic rings. The molecule has 4 aromatic heterocycles. The molecule has 22 heavy (non-hydrogen) atoms. The molecule has 0 aliphatic heterocycles. The van der Waals surface area contributed by atoms with Gasteiger partial charge in [-0.2, -0.15) is 0 Å². The van der Waals surface area contributed by atoms with E-state index in [4.69, 9.17) is 5.73 Å². The molecule has 6 heteroatoms. The normalized spacial score (nSPS) is 10.9. The van der Waals surface area contributed by atoms with Crippen molar-refractivity contribution in [3.8, 4) is 22.5 Å². The van der Waals surface area contributed by atoms with E-state index in [0.717, 1.165) is 33.5 Å². The Bertz CT molecular complexity index is 945. The molecule has 4 aromatic rings. The van der Waals surface area contributed by atoms with E-state index in [1.54, 1.807) is 24.8 Å². The lowest BCUT2D eigenvalue weighted by Gasteiger charge is -2.01. The van der Waals surface area contributed by atoms with Gasteiger partial charge in [-0.05, 0) is 41.5 Å². The number of nitrogens with zero attached hydrogens (tertiary/aromatic N) is 4. The summed E-state index contributed by atoms with van der Waals surface area (Å²) >= 11 is 0. The Morgan fingerprint density at radius 1 is 0.909 bits per heavy atom. The quantitative estimate of drug-likeness (QED) is 0.591. The summed E-state index contributed by atoms with van der Waals surface area (Å²) in [6, 6.07) is 9.78. The SMILES string of the molecule is Nc1nccc(-c2cc3c(-c4ccncc4)ccnc3[nH]2)n1. The number of fused-ring (bicyclic) bond motifs is 1. The zero-order valence-corrected chi connectivity index (χ0v) is 11.6.